The van der Waals surface area contributed by atoms with E-state index in [0.29, 0.717) is 23.9 Å². The van der Waals surface area contributed by atoms with Gasteiger partial charge >= 0.3 is 0 Å². The van der Waals surface area contributed by atoms with Gasteiger partial charge in [-0.05, 0) is 17.4 Å². The van der Waals surface area contributed by atoms with E-state index in [2.05, 4.69) is 39.5 Å². The van der Waals surface area contributed by atoms with E-state index < -0.39 is 0 Å². The number of nitrogens with one attached hydrogen (secondary N) is 2. The summed E-state index contributed by atoms with van der Waals surface area (Å²) in [6.45, 7) is 5.07. The Hall–Kier alpha value is -2.67. The van der Waals surface area contributed by atoms with Crippen molar-refractivity contribution in [3.63, 3.8) is 0 Å². The fraction of sp³-hybridized carbons (Fsp3) is 0.421. The van der Waals surface area contributed by atoms with Crippen LogP contribution >= 0.6 is 0 Å². The van der Waals surface area contributed by atoms with E-state index in [9.17, 15) is 0 Å². The van der Waals surface area contributed by atoms with Crippen molar-refractivity contribution in [2.75, 3.05) is 17.2 Å². The fourth-order valence-corrected chi connectivity index (χ4v) is 3.11. The molecule has 2 heterocycles. The SMILES string of the molecule is Cn1ncc2c(NC3CC3(C)C)nc(NCC(N)c3ccccc3)nc21. The maximum atomic E-state index is 6.28. The Bertz CT molecular complexity index is 916. The quantitative estimate of drug-likeness (QED) is 0.632. The second kappa shape index (κ2) is 6.25. The highest BCUT2D eigenvalue weighted by Crippen LogP contribution is 2.46. The van der Waals surface area contributed by atoms with Gasteiger partial charge in [0.2, 0.25) is 5.95 Å². The number of nitrogens with two attached hydrogens (primary N) is 1. The standard InChI is InChI=1S/C19H25N7/c1-19(2)9-15(19)23-16-13-10-22-26(3)17(13)25-18(24-16)21-11-14(20)12-7-5-4-6-8-12/h4-8,10,14-15H,9,11,20H2,1-3H3,(H2,21,23,24,25). The van der Waals surface area contributed by atoms with Crippen LogP contribution in [-0.4, -0.2) is 32.3 Å². The first-order valence-corrected chi connectivity index (χ1v) is 8.95. The molecule has 0 aliphatic heterocycles. The number of hydrogen-bond donors (Lipinski definition) is 3. The van der Waals surface area contributed by atoms with Crippen molar-refractivity contribution in [1.82, 2.24) is 19.7 Å². The molecule has 2 atom stereocenters. The number of benzene rings is 1. The van der Waals surface area contributed by atoms with Crippen molar-refractivity contribution >= 4 is 22.8 Å². The van der Waals surface area contributed by atoms with Crippen molar-refractivity contribution in [3.8, 4) is 0 Å². The Balaban J connectivity index is 1.56. The molecule has 4 rings (SSSR count). The monoisotopic (exact) mass is 351 g/mol. The van der Waals surface area contributed by atoms with Crippen molar-refractivity contribution < 1.29 is 0 Å². The Morgan fingerprint density at radius 2 is 2.00 bits per heavy atom. The third-order valence-corrected chi connectivity index (χ3v) is 5.12. The Kier molecular flexibility index (Phi) is 4.03. The summed E-state index contributed by atoms with van der Waals surface area (Å²) in [6, 6.07) is 10.3. The van der Waals surface area contributed by atoms with Crippen LogP contribution in [0.2, 0.25) is 0 Å². The van der Waals surface area contributed by atoms with Crippen LogP contribution in [0.15, 0.2) is 36.5 Å². The second-order valence-corrected chi connectivity index (χ2v) is 7.69. The molecule has 1 saturated carbocycles. The number of aryl methyl sites for hydroxylation is 1. The Morgan fingerprint density at radius 3 is 2.69 bits per heavy atom. The summed E-state index contributed by atoms with van der Waals surface area (Å²) < 4.78 is 1.77. The lowest BCUT2D eigenvalue weighted by Crippen LogP contribution is -2.22. The lowest BCUT2D eigenvalue weighted by Gasteiger charge is -2.15. The molecule has 136 valence electrons. The number of rotatable bonds is 6. The molecule has 0 amide bonds. The number of fused-ring (bicyclic) bond motifs is 1. The number of hydrogen-bond acceptors (Lipinski definition) is 6. The fourth-order valence-electron chi connectivity index (χ4n) is 3.11. The van der Waals surface area contributed by atoms with Gasteiger partial charge in [-0.3, -0.25) is 4.68 Å². The minimum atomic E-state index is -0.124. The maximum Gasteiger partial charge on any atom is 0.226 e. The predicted molar refractivity (Wildman–Crippen MR) is 104 cm³/mol. The highest BCUT2D eigenvalue weighted by atomic mass is 15.3. The molecular formula is C19H25N7. The number of aromatic nitrogens is 4. The molecule has 1 aromatic carbocycles. The van der Waals surface area contributed by atoms with Crippen LogP contribution in [0, 0.1) is 5.41 Å². The van der Waals surface area contributed by atoms with Gasteiger partial charge in [0.05, 0.1) is 11.6 Å². The number of anilines is 2. The van der Waals surface area contributed by atoms with Gasteiger partial charge in [-0.1, -0.05) is 44.2 Å². The van der Waals surface area contributed by atoms with Crippen molar-refractivity contribution in [2.45, 2.75) is 32.4 Å². The van der Waals surface area contributed by atoms with Crippen LogP contribution in [0.5, 0.6) is 0 Å². The van der Waals surface area contributed by atoms with Crippen molar-refractivity contribution in [2.24, 2.45) is 18.2 Å². The third kappa shape index (κ3) is 3.22. The molecule has 0 spiro atoms. The van der Waals surface area contributed by atoms with E-state index in [0.717, 1.165) is 28.8 Å². The van der Waals surface area contributed by atoms with Crippen LogP contribution < -0.4 is 16.4 Å². The summed E-state index contributed by atoms with van der Waals surface area (Å²) in [5.74, 6) is 1.39. The molecule has 1 aliphatic rings. The van der Waals surface area contributed by atoms with Gasteiger partial charge in [-0.25, -0.2) is 0 Å². The minimum Gasteiger partial charge on any atom is -0.366 e. The van der Waals surface area contributed by atoms with Gasteiger partial charge in [-0.2, -0.15) is 15.1 Å². The molecule has 0 bridgehead atoms. The van der Waals surface area contributed by atoms with E-state index in [1.165, 1.54) is 0 Å². The molecule has 26 heavy (non-hydrogen) atoms. The molecule has 0 saturated heterocycles. The summed E-state index contributed by atoms with van der Waals surface area (Å²) in [5, 5.41) is 12.1. The van der Waals surface area contributed by atoms with Gasteiger partial charge in [0.1, 0.15) is 5.82 Å². The lowest BCUT2D eigenvalue weighted by atomic mass is 10.1. The van der Waals surface area contributed by atoms with Gasteiger partial charge in [0, 0.05) is 25.7 Å². The molecular weight excluding hydrogens is 326 g/mol. The Morgan fingerprint density at radius 1 is 1.27 bits per heavy atom. The summed E-state index contributed by atoms with van der Waals surface area (Å²) in [7, 11) is 1.89. The van der Waals surface area contributed by atoms with Gasteiger partial charge in [0.15, 0.2) is 5.65 Å². The van der Waals surface area contributed by atoms with Crippen molar-refractivity contribution in [3.05, 3.63) is 42.1 Å². The van der Waals surface area contributed by atoms with E-state index in [-0.39, 0.29) is 6.04 Å². The molecule has 7 nitrogen and oxygen atoms in total. The van der Waals surface area contributed by atoms with E-state index in [1.807, 2.05) is 43.6 Å². The second-order valence-electron chi connectivity index (χ2n) is 7.69. The molecule has 1 aliphatic carbocycles. The summed E-state index contributed by atoms with van der Waals surface area (Å²) in [4.78, 5) is 9.29. The van der Waals surface area contributed by atoms with Crippen LogP contribution in [-0.2, 0) is 7.05 Å². The zero-order valence-electron chi connectivity index (χ0n) is 15.4. The smallest absolute Gasteiger partial charge is 0.226 e. The summed E-state index contributed by atoms with van der Waals surface area (Å²) in [6.07, 6.45) is 2.95. The molecule has 4 N–H and O–H groups in total. The van der Waals surface area contributed by atoms with Crippen LogP contribution in [0.3, 0.4) is 0 Å². The normalized spacial score (nSPS) is 19.3. The lowest BCUT2D eigenvalue weighted by molar-refractivity contribution is 0.630. The predicted octanol–water partition coefficient (Wildman–Crippen LogP) is 2.69. The van der Waals surface area contributed by atoms with Crippen LogP contribution in [0.4, 0.5) is 11.8 Å². The van der Waals surface area contributed by atoms with Gasteiger partial charge in [0.25, 0.3) is 0 Å². The van der Waals surface area contributed by atoms with E-state index >= 15 is 0 Å². The van der Waals surface area contributed by atoms with E-state index in [1.54, 1.807) is 4.68 Å². The molecule has 2 unspecified atom stereocenters. The number of nitrogens with zero attached hydrogens (tertiary/aromatic N) is 4. The summed E-state index contributed by atoms with van der Waals surface area (Å²) >= 11 is 0. The zero-order valence-corrected chi connectivity index (χ0v) is 15.4. The van der Waals surface area contributed by atoms with Gasteiger partial charge < -0.3 is 16.4 Å². The first-order valence-electron chi connectivity index (χ1n) is 8.95. The average molecular weight is 351 g/mol. The summed E-state index contributed by atoms with van der Waals surface area (Å²) in [5.41, 5.74) is 8.47. The highest BCUT2D eigenvalue weighted by Gasteiger charge is 2.46. The van der Waals surface area contributed by atoms with Crippen LogP contribution in [0.25, 0.3) is 11.0 Å². The maximum absolute atomic E-state index is 6.28. The largest absolute Gasteiger partial charge is 0.366 e. The van der Waals surface area contributed by atoms with E-state index in [4.69, 9.17) is 5.73 Å². The average Bonchev–Trinajstić information content (AvgIpc) is 3.05. The first kappa shape index (κ1) is 16.8. The highest BCUT2D eigenvalue weighted by molar-refractivity contribution is 5.87. The van der Waals surface area contributed by atoms with Gasteiger partial charge in [-0.15, -0.1) is 0 Å². The molecule has 0 radical (unpaired) electrons. The topological polar surface area (TPSA) is 93.7 Å². The third-order valence-electron chi connectivity index (χ3n) is 5.12. The first-order chi connectivity index (χ1) is 12.4. The molecule has 1 fully saturated rings. The van der Waals surface area contributed by atoms with Crippen molar-refractivity contribution in [1.29, 1.82) is 0 Å². The molecule has 2 aromatic heterocycles. The van der Waals surface area contributed by atoms with Crippen LogP contribution in [0.1, 0.15) is 31.9 Å². The molecule has 7 heteroatoms. The Labute approximate surface area is 153 Å². The minimum absolute atomic E-state index is 0.124. The molecule has 3 aromatic rings. The zero-order chi connectivity index (χ0) is 18.3.